The Morgan fingerprint density at radius 2 is 1.60 bits per heavy atom. The largest absolute Gasteiger partial charge is 0.506 e. The molecule has 1 atom stereocenters. The molecule has 0 aliphatic heterocycles. The summed E-state index contributed by atoms with van der Waals surface area (Å²) >= 11 is 0. The normalized spacial score (nSPS) is 16.4. The van der Waals surface area contributed by atoms with Crippen LogP contribution >= 0.6 is 0 Å². The number of aromatic hydroxyl groups is 1. The molecule has 1 aliphatic carbocycles. The van der Waals surface area contributed by atoms with Gasteiger partial charge in [-0.1, -0.05) is 81.4 Å². The van der Waals surface area contributed by atoms with Crippen molar-refractivity contribution in [1.29, 1.82) is 0 Å². The molecular weight excluding hydrogens is 747 g/mol. The van der Waals surface area contributed by atoms with E-state index in [9.17, 15) is 19.5 Å². The number of H-pyrrole nitrogens is 1. The lowest BCUT2D eigenvalue weighted by Crippen LogP contribution is -2.43. The smallest absolute Gasteiger partial charge is 0.411 e. The molecule has 0 saturated heterocycles. The minimum atomic E-state index is -2.22. The second kappa shape index (κ2) is 18.5. The summed E-state index contributed by atoms with van der Waals surface area (Å²) in [6.07, 6.45) is 2.97. The Bertz CT molecular complexity index is 2250. The first-order valence-electron chi connectivity index (χ1n) is 20.2. The van der Waals surface area contributed by atoms with Crippen molar-refractivity contribution in [2.24, 2.45) is 5.73 Å². The Hall–Kier alpha value is -5.27. The monoisotopic (exact) mass is 803 g/mol. The van der Waals surface area contributed by atoms with Crippen molar-refractivity contribution in [3.8, 4) is 16.9 Å². The number of hydrogen-bond donors (Lipinski definition) is 6. The van der Waals surface area contributed by atoms with Crippen LogP contribution in [0.4, 0.5) is 16.2 Å². The number of benzene rings is 4. The summed E-state index contributed by atoms with van der Waals surface area (Å²) in [5.41, 5.74) is 12.2. The van der Waals surface area contributed by atoms with Crippen LogP contribution in [-0.4, -0.2) is 49.1 Å². The molecule has 0 spiro atoms. The van der Waals surface area contributed by atoms with Gasteiger partial charge in [-0.05, 0) is 103 Å². The first-order chi connectivity index (χ1) is 27.6. The van der Waals surface area contributed by atoms with E-state index in [1.165, 1.54) is 6.07 Å². The number of fused-ring (bicyclic) bond motifs is 1. The van der Waals surface area contributed by atoms with Crippen LogP contribution in [0.15, 0.2) is 102 Å². The number of aryl methyl sites for hydroxylation is 1. The molecule has 5 aromatic rings. The molecule has 7 N–H and O–H groups in total. The third kappa shape index (κ3) is 11.0. The summed E-state index contributed by atoms with van der Waals surface area (Å²) in [5, 5.41) is 20.8. The summed E-state index contributed by atoms with van der Waals surface area (Å²) < 4.78 is 12.7. The van der Waals surface area contributed by atoms with Crippen molar-refractivity contribution in [3.63, 3.8) is 0 Å². The number of nitrogens with one attached hydrogen (secondary N) is 4. The second-order valence-corrected chi connectivity index (χ2v) is 21.6. The number of pyridine rings is 1. The van der Waals surface area contributed by atoms with Gasteiger partial charge in [0.05, 0.1) is 17.3 Å². The zero-order valence-electron chi connectivity index (χ0n) is 34.2. The standard InChI is InChI=1S/C46H57N5O6Si/c1-46(2,3)58(4,5)57-41(37-22-24-40(52)44-38(37)23-26-43(54)51-44)29-48-28-31-11-17-34(18-12-31)49-42(53)25-14-30-13-21-36(32-9-7-6-8-10-32)39(27-30)50-45(55)56-35-19-15-33(47)16-20-35/h6-13,17-18,21-24,26-27,33,35,41,48,52H,14-16,19-20,25,28-29,47H2,1-5H3,(H,49,53)(H,50,55)(H,51,54)/t33?,35?,41-/m0/s1. The Morgan fingerprint density at radius 3 is 2.31 bits per heavy atom. The van der Waals surface area contributed by atoms with Gasteiger partial charge in [0.2, 0.25) is 11.5 Å². The van der Waals surface area contributed by atoms with Gasteiger partial charge in [0.25, 0.3) is 0 Å². The molecular formula is C46H57N5O6Si. The summed E-state index contributed by atoms with van der Waals surface area (Å²) in [5.74, 6) is -0.0996. The number of ether oxygens (including phenoxy) is 1. The van der Waals surface area contributed by atoms with Crippen LogP contribution in [0.2, 0.25) is 18.1 Å². The van der Waals surface area contributed by atoms with Crippen molar-refractivity contribution < 1.29 is 23.9 Å². The molecule has 11 nitrogen and oxygen atoms in total. The highest BCUT2D eigenvalue weighted by Gasteiger charge is 2.39. The van der Waals surface area contributed by atoms with E-state index in [4.69, 9.17) is 14.9 Å². The number of nitrogens with two attached hydrogens (primary N) is 1. The number of aromatic amines is 1. The Labute approximate surface area is 341 Å². The number of amides is 2. The van der Waals surface area contributed by atoms with Gasteiger partial charge in [-0.15, -0.1) is 0 Å². The average Bonchev–Trinajstić information content (AvgIpc) is 3.18. The Morgan fingerprint density at radius 1 is 0.897 bits per heavy atom. The number of aromatic nitrogens is 1. The van der Waals surface area contributed by atoms with E-state index in [2.05, 4.69) is 54.8 Å². The van der Waals surface area contributed by atoms with Crippen molar-refractivity contribution >= 4 is 42.6 Å². The maximum Gasteiger partial charge on any atom is 0.411 e. The van der Waals surface area contributed by atoms with Crippen LogP contribution in [0.25, 0.3) is 22.0 Å². The van der Waals surface area contributed by atoms with Gasteiger partial charge < -0.3 is 35.6 Å². The highest BCUT2D eigenvalue weighted by molar-refractivity contribution is 6.74. The molecule has 12 heteroatoms. The van der Waals surface area contributed by atoms with E-state index in [1.807, 2.05) is 78.9 Å². The number of anilines is 2. The molecule has 58 heavy (non-hydrogen) atoms. The van der Waals surface area contributed by atoms with Gasteiger partial charge in [-0.25, -0.2) is 4.79 Å². The van der Waals surface area contributed by atoms with Gasteiger partial charge in [0.15, 0.2) is 8.32 Å². The Kier molecular flexibility index (Phi) is 13.5. The molecule has 1 aliphatic rings. The van der Waals surface area contributed by atoms with Crippen LogP contribution < -0.4 is 27.2 Å². The van der Waals surface area contributed by atoms with Crippen LogP contribution in [0.1, 0.15) is 75.7 Å². The van der Waals surface area contributed by atoms with Crippen molar-refractivity contribution in [1.82, 2.24) is 10.3 Å². The van der Waals surface area contributed by atoms with Gasteiger partial charge in [-0.2, -0.15) is 0 Å². The summed E-state index contributed by atoms with van der Waals surface area (Å²) in [6, 6.07) is 30.3. The van der Waals surface area contributed by atoms with Crippen molar-refractivity contribution in [2.45, 2.75) is 102 Å². The van der Waals surface area contributed by atoms with E-state index in [-0.39, 0.29) is 46.9 Å². The molecule has 0 radical (unpaired) electrons. The summed E-state index contributed by atoms with van der Waals surface area (Å²) in [6.45, 7) is 12.1. The highest BCUT2D eigenvalue weighted by atomic mass is 28.4. The molecule has 306 valence electrons. The second-order valence-electron chi connectivity index (χ2n) is 16.8. The summed E-state index contributed by atoms with van der Waals surface area (Å²) in [7, 11) is -2.22. The van der Waals surface area contributed by atoms with E-state index < -0.39 is 14.4 Å². The van der Waals surface area contributed by atoms with Crippen molar-refractivity contribution in [3.05, 3.63) is 124 Å². The fourth-order valence-electron chi connectivity index (χ4n) is 7.04. The Balaban J connectivity index is 1.06. The number of phenols is 1. The average molecular weight is 804 g/mol. The van der Waals surface area contributed by atoms with Gasteiger partial charge in [0.1, 0.15) is 11.9 Å². The molecule has 1 saturated carbocycles. The minimum absolute atomic E-state index is 0.0156. The first kappa shape index (κ1) is 42.3. The SMILES string of the molecule is CC(C)(C)[Si](C)(C)O[C@@H](CNCc1ccc(NC(=O)CCc2ccc(-c3ccccc3)c(NC(=O)OC3CCC(N)CC3)c2)cc1)c1ccc(O)c2[nH]c(=O)ccc12. The van der Waals surface area contributed by atoms with Gasteiger partial charge in [-0.3, -0.25) is 14.9 Å². The maximum atomic E-state index is 13.1. The predicted octanol–water partition coefficient (Wildman–Crippen LogP) is 9.14. The number of hydrogen-bond acceptors (Lipinski definition) is 8. The van der Waals surface area contributed by atoms with E-state index in [0.29, 0.717) is 36.4 Å². The van der Waals surface area contributed by atoms with Crippen molar-refractivity contribution in [2.75, 3.05) is 17.2 Å². The van der Waals surface area contributed by atoms with Gasteiger partial charge >= 0.3 is 6.09 Å². The maximum absolute atomic E-state index is 13.1. The van der Waals surface area contributed by atoms with Crippen LogP contribution in [0.5, 0.6) is 5.75 Å². The number of phenolic OH excluding ortho intramolecular Hbond substituents is 1. The number of rotatable bonds is 14. The van der Waals surface area contributed by atoms with E-state index >= 15 is 0 Å². The first-order valence-corrected chi connectivity index (χ1v) is 23.1. The van der Waals surface area contributed by atoms with E-state index in [0.717, 1.165) is 58.9 Å². The summed E-state index contributed by atoms with van der Waals surface area (Å²) in [4.78, 5) is 40.9. The number of carbonyl (C=O) groups excluding carboxylic acids is 2. The van der Waals surface area contributed by atoms with E-state index in [1.54, 1.807) is 12.1 Å². The third-order valence-electron chi connectivity index (χ3n) is 11.4. The molecule has 2 amide bonds. The van der Waals surface area contributed by atoms with Crippen LogP contribution in [-0.2, 0) is 26.9 Å². The molecule has 4 aromatic carbocycles. The van der Waals surface area contributed by atoms with Crippen LogP contribution in [0.3, 0.4) is 0 Å². The van der Waals surface area contributed by atoms with Gasteiger partial charge in [0, 0.05) is 48.3 Å². The molecule has 1 heterocycles. The number of carbonyl (C=O) groups is 2. The fraction of sp³-hybridized carbons (Fsp3) is 0.370. The third-order valence-corrected chi connectivity index (χ3v) is 15.9. The fourth-order valence-corrected chi connectivity index (χ4v) is 8.31. The minimum Gasteiger partial charge on any atom is -0.506 e. The lowest BCUT2D eigenvalue weighted by atomic mass is 9.94. The topological polar surface area (TPSA) is 168 Å². The quantitative estimate of drug-likeness (QED) is 0.0605. The molecule has 1 fully saturated rings. The molecule has 0 bridgehead atoms. The van der Waals surface area contributed by atoms with Crippen LogP contribution in [0, 0.1) is 0 Å². The zero-order valence-corrected chi connectivity index (χ0v) is 35.2. The predicted molar refractivity (Wildman–Crippen MR) is 235 cm³/mol. The molecule has 6 rings (SSSR count). The molecule has 0 unspecified atom stereocenters. The molecule has 1 aromatic heterocycles. The lowest BCUT2D eigenvalue weighted by molar-refractivity contribution is -0.116. The lowest BCUT2D eigenvalue weighted by Gasteiger charge is -2.39. The zero-order chi connectivity index (χ0) is 41.5. The highest BCUT2D eigenvalue weighted by Crippen LogP contribution is 2.41.